The fraction of sp³-hybridized carbons (Fsp3) is 0.571. The molecule has 4 amide bonds. The van der Waals surface area contributed by atoms with Crippen LogP contribution >= 0.6 is 0 Å². The van der Waals surface area contributed by atoms with Crippen molar-refractivity contribution in [1.29, 1.82) is 0 Å². The maximum atomic E-state index is 12.9. The number of carboxylic acid groups (broad SMARTS) is 2. The van der Waals surface area contributed by atoms with E-state index in [9.17, 15) is 33.9 Å². The average Bonchev–Trinajstić information content (AvgIpc) is 3.32. The van der Waals surface area contributed by atoms with Crippen molar-refractivity contribution < 1.29 is 39.0 Å². The molecule has 4 atom stereocenters. The summed E-state index contributed by atoms with van der Waals surface area (Å²) < 4.78 is 0. The molecule has 0 radical (unpaired) electrons. The van der Waals surface area contributed by atoms with Crippen LogP contribution in [-0.2, 0) is 35.2 Å². The smallest absolute Gasteiger partial charge is 0.326 e. The Morgan fingerprint density at radius 2 is 1.54 bits per heavy atom. The van der Waals surface area contributed by atoms with Crippen LogP contribution in [0, 0.1) is 0 Å². The number of amides is 4. The van der Waals surface area contributed by atoms with Crippen molar-refractivity contribution in [3.8, 4) is 0 Å². The van der Waals surface area contributed by atoms with Gasteiger partial charge in [0.05, 0.1) is 18.8 Å². The number of unbranched alkanes of at least 4 members (excludes halogenated alkanes) is 1. The summed E-state index contributed by atoms with van der Waals surface area (Å²) in [5.41, 5.74) is 17.0. The lowest BCUT2D eigenvalue weighted by Gasteiger charge is -2.24. The first-order chi connectivity index (χ1) is 17.4. The van der Waals surface area contributed by atoms with Crippen LogP contribution in [0.3, 0.4) is 0 Å². The molecule has 37 heavy (non-hydrogen) atoms. The minimum atomic E-state index is -1.58. The number of nitrogens with zero attached hydrogens (tertiary/aromatic N) is 1. The number of rotatable bonds is 18. The zero-order valence-electron chi connectivity index (χ0n) is 20.1. The van der Waals surface area contributed by atoms with Gasteiger partial charge >= 0.3 is 11.9 Å². The highest BCUT2D eigenvalue weighted by atomic mass is 16.4. The highest BCUT2D eigenvalue weighted by Gasteiger charge is 2.31. The monoisotopic (exact) mass is 526 g/mol. The zero-order chi connectivity index (χ0) is 28.0. The Labute approximate surface area is 212 Å². The second kappa shape index (κ2) is 15.8. The number of aromatic amines is 1. The summed E-state index contributed by atoms with van der Waals surface area (Å²) in [6.07, 6.45) is 2.33. The van der Waals surface area contributed by atoms with E-state index < -0.39 is 72.6 Å². The van der Waals surface area contributed by atoms with Crippen molar-refractivity contribution in [3.05, 3.63) is 18.2 Å². The summed E-state index contributed by atoms with van der Waals surface area (Å²) in [6, 6.07) is -5.44. The van der Waals surface area contributed by atoms with Gasteiger partial charge in [-0.25, -0.2) is 9.78 Å². The van der Waals surface area contributed by atoms with Crippen LogP contribution in [0.2, 0.25) is 0 Å². The number of carboxylic acids is 2. The summed E-state index contributed by atoms with van der Waals surface area (Å²) in [5, 5.41) is 25.2. The van der Waals surface area contributed by atoms with Crippen molar-refractivity contribution in [2.24, 2.45) is 17.2 Å². The second-order valence-corrected chi connectivity index (χ2v) is 8.30. The topological polar surface area (TPSA) is 286 Å². The minimum Gasteiger partial charge on any atom is -0.481 e. The molecule has 1 heterocycles. The molecule has 4 unspecified atom stereocenters. The number of imidazole rings is 1. The van der Waals surface area contributed by atoms with Crippen LogP contribution in [0.25, 0.3) is 0 Å². The van der Waals surface area contributed by atoms with E-state index in [4.69, 9.17) is 22.3 Å². The molecule has 16 heteroatoms. The molecule has 0 spiro atoms. The van der Waals surface area contributed by atoms with E-state index in [0.717, 1.165) is 0 Å². The molecule has 1 aromatic rings. The number of carbonyl (C=O) groups is 6. The Balaban J connectivity index is 2.96. The molecule has 1 aromatic heterocycles. The van der Waals surface area contributed by atoms with Crippen molar-refractivity contribution in [1.82, 2.24) is 25.9 Å². The fourth-order valence-electron chi connectivity index (χ4n) is 3.25. The highest BCUT2D eigenvalue weighted by molar-refractivity contribution is 5.96. The molecular formula is C21H34N8O8. The van der Waals surface area contributed by atoms with Crippen LogP contribution in [0.5, 0.6) is 0 Å². The maximum Gasteiger partial charge on any atom is 0.326 e. The molecule has 0 saturated carbocycles. The molecule has 0 aliphatic carbocycles. The molecule has 0 bridgehead atoms. The Morgan fingerprint density at radius 3 is 2.08 bits per heavy atom. The van der Waals surface area contributed by atoms with E-state index in [2.05, 4.69) is 25.9 Å². The lowest BCUT2D eigenvalue weighted by molar-refractivity contribution is -0.142. The lowest BCUT2D eigenvalue weighted by Crippen LogP contribution is -2.58. The Morgan fingerprint density at radius 1 is 0.919 bits per heavy atom. The molecule has 16 nitrogen and oxygen atoms in total. The van der Waals surface area contributed by atoms with Gasteiger partial charge in [-0.1, -0.05) is 0 Å². The van der Waals surface area contributed by atoms with Crippen LogP contribution in [0.1, 0.15) is 44.2 Å². The summed E-state index contributed by atoms with van der Waals surface area (Å²) in [7, 11) is 0. The number of nitrogens with two attached hydrogens (primary N) is 3. The first kappa shape index (κ1) is 31.0. The van der Waals surface area contributed by atoms with Crippen molar-refractivity contribution >= 4 is 35.6 Å². The standard InChI is InChI=1S/C21H34N8O8/c22-6-2-1-3-14(21(36)37)28-20(35)15(8-16(24)30)29-19(34)13(4-5-17(31)32)27-18(33)12(23)7-11-9-25-10-26-11/h9-10,12-15H,1-8,22-23H2,(H2,24,30)(H,25,26)(H,27,33)(H,28,35)(H,29,34)(H,31,32)(H,36,37). The van der Waals surface area contributed by atoms with Gasteiger partial charge in [0.15, 0.2) is 0 Å². The van der Waals surface area contributed by atoms with E-state index in [1.807, 2.05) is 0 Å². The molecule has 1 rings (SSSR count). The van der Waals surface area contributed by atoms with Crippen LogP contribution < -0.4 is 33.2 Å². The van der Waals surface area contributed by atoms with Gasteiger partial charge in [0.25, 0.3) is 0 Å². The number of hydrogen-bond acceptors (Lipinski definition) is 9. The second-order valence-electron chi connectivity index (χ2n) is 8.30. The number of carbonyl (C=O) groups excluding carboxylic acids is 4. The molecule has 0 aliphatic heterocycles. The van der Waals surface area contributed by atoms with Crippen molar-refractivity contribution in [2.45, 2.75) is 69.1 Å². The molecule has 0 fully saturated rings. The summed E-state index contributed by atoms with van der Waals surface area (Å²) in [5.74, 6) is -6.30. The minimum absolute atomic E-state index is 0.0482. The summed E-state index contributed by atoms with van der Waals surface area (Å²) in [6.45, 7) is 0.329. The van der Waals surface area contributed by atoms with Gasteiger partial charge in [-0.15, -0.1) is 0 Å². The molecule has 0 aliphatic rings. The number of aromatic nitrogens is 2. The summed E-state index contributed by atoms with van der Waals surface area (Å²) >= 11 is 0. The molecule has 12 N–H and O–H groups in total. The Bertz CT molecular complexity index is 939. The Hall–Kier alpha value is -4.05. The van der Waals surface area contributed by atoms with Gasteiger partial charge in [-0.2, -0.15) is 0 Å². The predicted molar refractivity (Wildman–Crippen MR) is 127 cm³/mol. The van der Waals surface area contributed by atoms with E-state index >= 15 is 0 Å². The van der Waals surface area contributed by atoms with Crippen molar-refractivity contribution in [2.75, 3.05) is 6.54 Å². The largest absolute Gasteiger partial charge is 0.481 e. The number of primary amides is 1. The molecule has 0 aromatic carbocycles. The number of nitrogens with one attached hydrogen (secondary N) is 4. The highest BCUT2D eigenvalue weighted by Crippen LogP contribution is 2.05. The maximum absolute atomic E-state index is 12.9. The fourth-order valence-corrected chi connectivity index (χ4v) is 3.25. The van der Waals surface area contributed by atoms with Crippen LogP contribution in [0.15, 0.2) is 12.5 Å². The predicted octanol–water partition coefficient (Wildman–Crippen LogP) is -3.31. The average molecular weight is 527 g/mol. The molecular weight excluding hydrogens is 492 g/mol. The quantitative estimate of drug-likeness (QED) is 0.0853. The van der Waals surface area contributed by atoms with E-state index in [0.29, 0.717) is 25.1 Å². The van der Waals surface area contributed by atoms with Gasteiger partial charge in [-0.3, -0.25) is 24.0 Å². The number of H-pyrrole nitrogens is 1. The first-order valence-electron chi connectivity index (χ1n) is 11.5. The first-order valence-corrected chi connectivity index (χ1v) is 11.5. The van der Waals surface area contributed by atoms with E-state index in [1.54, 1.807) is 0 Å². The molecule has 206 valence electrons. The normalized spacial score (nSPS) is 14.0. The third-order valence-electron chi connectivity index (χ3n) is 5.21. The molecule has 0 saturated heterocycles. The van der Waals surface area contributed by atoms with Gasteiger partial charge in [0.2, 0.25) is 23.6 Å². The van der Waals surface area contributed by atoms with E-state index in [1.165, 1.54) is 12.5 Å². The van der Waals surface area contributed by atoms with Crippen LogP contribution in [-0.4, -0.2) is 86.5 Å². The van der Waals surface area contributed by atoms with Gasteiger partial charge < -0.3 is 48.3 Å². The van der Waals surface area contributed by atoms with Gasteiger partial charge in [0, 0.05) is 24.7 Å². The van der Waals surface area contributed by atoms with E-state index in [-0.39, 0.29) is 19.3 Å². The lowest BCUT2D eigenvalue weighted by atomic mass is 10.1. The summed E-state index contributed by atoms with van der Waals surface area (Å²) in [4.78, 5) is 78.9. The Kier molecular flexibility index (Phi) is 13.3. The van der Waals surface area contributed by atoms with Gasteiger partial charge in [-0.05, 0) is 32.2 Å². The third kappa shape index (κ3) is 12.0. The number of hydrogen-bond donors (Lipinski definition) is 9. The number of aliphatic carboxylic acids is 2. The van der Waals surface area contributed by atoms with Gasteiger partial charge in [0.1, 0.15) is 18.1 Å². The third-order valence-corrected chi connectivity index (χ3v) is 5.21. The van der Waals surface area contributed by atoms with Crippen molar-refractivity contribution in [3.63, 3.8) is 0 Å². The van der Waals surface area contributed by atoms with Crippen LogP contribution in [0.4, 0.5) is 0 Å². The zero-order valence-corrected chi connectivity index (χ0v) is 20.1. The SMILES string of the molecule is NCCCCC(NC(=O)C(CC(N)=O)NC(=O)C(CCC(=O)O)NC(=O)C(N)Cc1cnc[nH]1)C(=O)O.